The fourth-order valence-electron chi connectivity index (χ4n) is 8.12. The van der Waals surface area contributed by atoms with E-state index in [1.165, 1.54) is 53.1 Å². The first kappa shape index (κ1) is 39.6. The Morgan fingerprint density at radius 3 is 2.05 bits per heavy atom. The second-order valence-electron chi connectivity index (χ2n) is 14.7. The number of aromatic nitrogens is 1. The normalized spacial score (nSPS) is 23.9. The van der Waals surface area contributed by atoms with E-state index in [0.29, 0.717) is 35.5 Å². The van der Waals surface area contributed by atoms with Gasteiger partial charge in [-0.3, -0.25) is 34.9 Å². The molecule has 5 heterocycles. The smallest absolute Gasteiger partial charge is 0.410 e. The van der Waals surface area contributed by atoms with Crippen LogP contribution in [-0.4, -0.2) is 115 Å². The number of aliphatic hydroxyl groups excluding tert-OH is 1. The Morgan fingerprint density at radius 2 is 1.49 bits per heavy atom. The highest BCUT2D eigenvalue weighted by Gasteiger charge is 2.60. The molecule has 0 aliphatic carbocycles. The summed E-state index contributed by atoms with van der Waals surface area (Å²) in [4.78, 5) is 74.8. The molecule has 0 bridgehead atoms. The minimum Gasteiger partial charge on any atom is -0.456 e. The van der Waals surface area contributed by atoms with Crippen LogP contribution in [0.5, 0.6) is 0 Å². The van der Waals surface area contributed by atoms with Gasteiger partial charge in [-0.2, -0.15) is 0 Å². The molecule has 2 amide bonds. The van der Waals surface area contributed by atoms with Gasteiger partial charge in [0.2, 0.25) is 5.91 Å². The van der Waals surface area contributed by atoms with E-state index in [9.17, 15) is 39.7 Å². The van der Waals surface area contributed by atoms with E-state index in [-0.39, 0.29) is 53.4 Å². The second kappa shape index (κ2) is 16.9. The number of nitro benzene ring substituents is 2. The van der Waals surface area contributed by atoms with E-state index in [2.05, 4.69) is 14.8 Å². The fourth-order valence-corrected chi connectivity index (χ4v) is 9.68. The molecule has 3 saturated heterocycles. The molecule has 2 aromatic carbocycles. The Labute approximate surface area is 332 Å². The van der Waals surface area contributed by atoms with Crippen LogP contribution in [0.1, 0.15) is 31.4 Å². The van der Waals surface area contributed by atoms with E-state index in [0.717, 1.165) is 31.9 Å². The van der Waals surface area contributed by atoms with Crippen LogP contribution in [0.2, 0.25) is 0 Å². The summed E-state index contributed by atoms with van der Waals surface area (Å²) in [6.07, 6.45) is 2.65. The number of carbonyl (C=O) groups is 3. The minimum absolute atomic E-state index is 0.0650. The number of pyridine rings is 1. The number of anilines is 1. The number of amides is 2. The third-order valence-electron chi connectivity index (χ3n) is 11.1. The number of nitro groups is 2. The second-order valence-corrected chi connectivity index (χ2v) is 16.1. The molecule has 6 atom stereocenters. The van der Waals surface area contributed by atoms with Gasteiger partial charge in [-0.15, -0.1) is 11.8 Å². The van der Waals surface area contributed by atoms with E-state index in [1.54, 1.807) is 36.4 Å². The number of carbonyl (C=O) groups excluding carboxylic acids is 3. The fraction of sp³-hybridized carbons (Fsp3) is 0.436. The van der Waals surface area contributed by atoms with Crippen molar-refractivity contribution in [1.29, 1.82) is 0 Å². The number of hydrogen-bond acceptors (Lipinski definition) is 14. The molecule has 7 rings (SSSR count). The zero-order chi connectivity index (χ0) is 40.4. The molecule has 3 aromatic rings. The maximum absolute atomic E-state index is 13.8. The summed E-state index contributed by atoms with van der Waals surface area (Å²) in [5.74, 6) is -2.09. The number of aliphatic hydroxyl groups is 1. The molecular formula is C39H43N7O10S. The molecule has 57 heavy (non-hydrogen) atoms. The van der Waals surface area contributed by atoms with Gasteiger partial charge < -0.3 is 29.3 Å². The number of rotatable bonds is 13. The number of fused-ring (bicyclic) bond motifs is 1. The Kier molecular flexibility index (Phi) is 11.7. The number of non-ortho nitro benzene ring substituents is 2. The largest absolute Gasteiger partial charge is 0.456 e. The summed E-state index contributed by atoms with van der Waals surface area (Å²) >= 11 is 1.44. The van der Waals surface area contributed by atoms with Crippen LogP contribution in [-0.2, 0) is 32.3 Å². The van der Waals surface area contributed by atoms with Gasteiger partial charge in [-0.05, 0) is 60.9 Å². The molecule has 1 aromatic heterocycles. The zero-order valence-electron chi connectivity index (χ0n) is 31.4. The van der Waals surface area contributed by atoms with Crippen molar-refractivity contribution in [2.45, 2.75) is 56.9 Å². The molecule has 4 aliphatic heterocycles. The summed E-state index contributed by atoms with van der Waals surface area (Å²) in [5.41, 5.74) is 2.19. The average Bonchev–Trinajstić information content (AvgIpc) is 3.71. The first-order valence-electron chi connectivity index (χ1n) is 18.8. The van der Waals surface area contributed by atoms with Crippen molar-refractivity contribution in [1.82, 2.24) is 19.7 Å². The quantitative estimate of drug-likeness (QED) is 0.111. The Hall–Kier alpha value is -5.59. The summed E-state index contributed by atoms with van der Waals surface area (Å²) < 4.78 is 11.5. The molecule has 300 valence electrons. The number of nitrogens with zero attached hydrogens (tertiary/aromatic N) is 7. The SMILES string of the molecule is C[C@@H](O)[C@H]1C(=O)N2C(C(=O)OCc3ccc([N+](=O)[O-])cc3)=C(S[C@H]3C[C@@H](CN4CCN(c5ccncc5)CC4)N(C(=O)OCc4ccc([N+](=O)[O-])cc4)C3)[C@H](C)[C@H]12. The topological polar surface area (TPSA) is 202 Å². The van der Waals surface area contributed by atoms with Crippen LogP contribution < -0.4 is 4.90 Å². The molecule has 3 fully saturated rings. The highest BCUT2D eigenvalue weighted by molar-refractivity contribution is 8.03. The number of likely N-dealkylation sites (tertiary alicyclic amines) is 1. The molecule has 17 nitrogen and oxygen atoms in total. The molecule has 18 heteroatoms. The van der Waals surface area contributed by atoms with Gasteiger partial charge in [-0.25, -0.2) is 9.59 Å². The lowest BCUT2D eigenvalue weighted by molar-refractivity contribution is -0.385. The summed E-state index contributed by atoms with van der Waals surface area (Å²) in [6, 6.07) is 14.8. The molecule has 0 radical (unpaired) electrons. The predicted molar refractivity (Wildman–Crippen MR) is 208 cm³/mol. The van der Waals surface area contributed by atoms with Crippen molar-refractivity contribution in [3.63, 3.8) is 0 Å². The third-order valence-corrected chi connectivity index (χ3v) is 12.6. The van der Waals surface area contributed by atoms with Crippen LogP contribution in [0.15, 0.2) is 83.7 Å². The highest BCUT2D eigenvalue weighted by atomic mass is 32.2. The zero-order valence-corrected chi connectivity index (χ0v) is 32.2. The summed E-state index contributed by atoms with van der Waals surface area (Å²) in [6.45, 7) is 7.25. The van der Waals surface area contributed by atoms with Gasteiger partial charge in [0.25, 0.3) is 11.4 Å². The molecule has 0 spiro atoms. The van der Waals surface area contributed by atoms with Gasteiger partial charge in [-0.1, -0.05) is 6.92 Å². The molecule has 1 N–H and O–H groups in total. The van der Waals surface area contributed by atoms with Gasteiger partial charge in [0.15, 0.2) is 0 Å². The number of esters is 1. The van der Waals surface area contributed by atoms with Crippen molar-refractivity contribution in [3.8, 4) is 0 Å². The number of hydrogen-bond donors (Lipinski definition) is 1. The van der Waals surface area contributed by atoms with Crippen molar-refractivity contribution >= 4 is 46.8 Å². The predicted octanol–water partition coefficient (Wildman–Crippen LogP) is 4.35. The Balaban J connectivity index is 1.09. The van der Waals surface area contributed by atoms with Gasteiger partial charge in [0.05, 0.1) is 27.9 Å². The van der Waals surface area contributed by atoms with E-state index in [4.69, 9.17) is 9.47 Å². The first-order chi connectivity index (χ1) is 27.4. The number of β-lactam (4-membered cyclic amide) rings is 1. The van der Waals surface area contributed by atoms with Crippen LogP contribution in [0, 0.1) is 32.1 Å². The molecule has 4 aliphatic rings. The lowest BCUT2D eigenvalue weighted by Crippen LogP contribution is -2.63. The highest BCUT2D eigenvalue weighted by Crippen LogP contribution is 2.52. The standard InChI is InChI=1S/C39H43N7O10S/c1-24-34-33(25(2)47)37(48)44(34)35(38(49)55-22-26-3-7-29(8-4-26)45(51)52)36(24)57-32-19-31(20-41-15-17-42(18-16-41)28-11-13-40-14-12-28)43(21-32)39(50)56-23-27-5-9-30(10-6-27)46(53)54/h3-14,24-25,31-34,47H,15-23H2,1-2H3/t24-,25-,31+,32+,33-,34-/m1/s1. The Bertz CT molecular complexity index is 2030. The van der Waals surface area contributed by atoms with Gasteiger partial charge in [0.1, 0.15) is 18.9 Å². The monoisotopic (exact) mass is 801 g/mol. The minimum atomic E-state index is -0.932. The first-order valence-corrected chi connectivity index (χ1v) is 19.6. The van der Waals surface area contributed by atoms with Crippen LogP contribution >= 0.6 is 11.8 Å². The van der Waals surface area contributed by atoms with Crippen molar-refractivity contribution in [3.05, 3.63) is 115 Å². The molecule has 0 unspecified atom stereocenters. The number of piperazine rings is 1. The van der Waals surface area contributed by atoms with Crippen molar-refractivity contribution in [2.24, 2.45) is 11.8 Å². The lowest BCUT2D eigenvalue weighted by atomic mass is 9.79. The lowest BCUT2D eigenvalue weighted by Gasteiger charge is -2.46. The summed E-state index contributed by atoms with van der Waals surface area (Å²) in [7, 11) is 0. The molecular weight excluding hydrogens is 759 g/mol. The maximum atomic E-state index is 13.8. The summed E-state index contributed by atoms with van der Waals surface area (Å²) in [5, 5.41) is 32.6. The third kappa shape index (κ3) is 8.43. The number of ether oxygens (including phenoxy) is 2. The average molecular weight is 802 g/mol. The van der Waals surface area contributed by atoms with Crippen LogP contribution in [0.3, 0.4) is 0 Å². The van der Waals surface area contributed by atoms with Gasteiger partial charge >= 0.3 is 12.1 Å². The Morgan fingerprint density at radius 1 is 0.912 bits per heavy atom. The van der Waals surface area contributed by atoms with Crippen molar-refractivity contribution < 1.29 is 38.8 Å². The number of benzene rings is 2. The van der Waals surface area contributed by atoms with E-state index < -0.39 is 40.0 Å². The van der Waals surface area contributed by atoms with Crippen LogP contribution in [0.25, 0.3) is 0 Å². The maximum Gasteiger partial charge on any atom is 0.410 e. The van der Waals surface area contributed by atoms with Crippen LogP contribution in [0.4, 0.5) is 21.9 Å². The van der Waals surface area contributed by atoms with E-state index in [1.807, 2.05) is 19.1 Å². The van der Waals surface area contributed by atoms with Gasteiger partial charge in [0, 0.05) is 104 Å². The number of thioether (sulfide) groups is 1. The molecule has 0 saturated carbocycles. The van der Waals surface area contributed by atoms with E-state index >= 15 is 0 Å². The van der Waals surface area contributed by atoms with Crippen molar-refractivity contribution in [2.75, 3.05) is 44.2 Å².